The number of benzene rings is 1. The third-order valence-corrected chi connectivity index (χ3v) is 4.97. The molecule has 0 aliphatic rings. The lowest BCUT2D eigenvalue weighted by Crippen LogP contribution is -2.13. The normalized spacial score (nSPS) is 10.9. The second-order valence-corrected chi connectivity index (χ2v) is 7.43. The zero-order valence-electron chi connectivity index (χ0n) is 16.8. The highest BCUT2D eigenvalue weighted by Crippen LogP contribution is 2.33. The molecule has 0 saturated heterocycles. The minimum absolute atomic E-state index is 0.0420. The van der Waals surface area contributed by atoms with E-state index in [9.17, 15) is 14.4 Å². The van der Waals surface area contributed by atoms with Crippen molar-refractivity contribution in [3.63, 3.8) is 0 Å². The minimum atomic E-state index is -0.670. The molecule has 1 aromatic heterocycles. The largest absolute Gasteiger partial charge is 0.491 e. The van der Waals surface area contributed by atoms with Crippen LogP contribution in [-0.2, 0) is 9.53 Å². The lowest BCUT2D eigenvalue weighted by atomic mass is 10.1. The van der Waals surface area contributed by atoms with Crippen LogP contribution in [0.4, 0.5) is 5.00 Å². The fourth-order valence-corrected chi connectivity index (χ4v) is 3.62. The van der Waals surface area contributed by atoms with Gasteiger partial charge in [0.25, 0.3) is 5.91 Å². The van der Waals surface area contributed by atoms with Crippen molar-refractivity contribution in [2.24, 2.45) is 5.73 Å². The van der Waals surface area contributed by atoms with Crippen LogP contribution in [0.25, 0.3) is 6.08 Å². The van der Waals surface area contributed by atoms with Crippen molar-refractivity contribution >= 4 is 40.2 Å². The molecule has 0 fully saturated rings. The van der Waals surface area contributed by atoms with Gasteiger partial charge in [-0.15, -0.1) is 11.3 Å². The number of nitrogens with two attached hydrogens (primary N) is 1. The molecule has 2 aromatic rings. The number of carbonyl (C=O) groups is 3. The van der Waals surface area contributed by atoms with Crippen molar-refractivity contribution in [3.05, 3.63) is 51.9 Å². The van der Waals surface area contributed by atoms with Crippen molar-refractivity contribution in [3.8, 4) is 5.75 Å². The third-order valence-electron chi connectivity index (χ3n) is 3.74. The molecule has 1 aromatic carbocycles. The van der Waals surface area contributed by atoms with Gasteiger partial charge in [-0.25, -0.2) is 4.79 Å². The first-order valence-electron chi connectivity index (χ1n) is 9.09. The van der Waals surface area contributed by atoms with E-state index in [0.717, 1.165) is 16.9 Å². The molecule has 1 heterocycles. The van der Waals surface area contributed by atoms with Crippen LogP contribution in [-0.4, -0.2) is 30.5 Å². The van der Waals surface area contributed by atoms with Crippen LogP contribution in [0.2, 0.25) is 0 Å². The number of ether oxygens (including phenoxy) is 2. The molecule has 0 bridgehead atoms. The summed E-state index contributed by atoms with van der Waals surface area (Å²) in [6.45, 7) is 7.30. The van der Waals surface area contributed by atoms with Crippen LogP contribution >= 0.6 is 11.3 Å². The van der Waals surface area contributed by atoms with E-state index in [-0.39, 0.29) is 28.2 Å². The number of nitrogens with one attached hydrogen (secondary N) is 1. The number of esters is 1. The summed E-state index contributed by atoms with van der Waals surface area (Å²) >= 11 is 0.946. The predicted molar refractivity (Wildman–Crippen MR) is 113 cm³/mol. The summed E-state index contributed by atoms with van der Waals surface area (Å²) < 4.78 is 10.7. The first kappa shape index (κ1) is 22.2. The Labute approximate surface area is 173 Å². The molecule has 0 aliphatic heterocycles. The number of amides is 2. The standard InChI is InChI=1S/C21H24N2O5S/c1-5-27-21(26)17-13(4)18(19(22)25)29-20(17)23-16(24)10-9-14-7-6-8-15(11-14)28-12(2)3/h6-12H,5H2,1-4H3,(H2,22,25)(H,23,24)/b10-9+. The van der Waals surface area contributed by atoms with Gasteiger partial charge in [-0.05, 0) is 57.0 Å². The summed E-state index contributed by atoms with van der Waals surface area (Å²) in [5.74, 6) is -1.04. The van der Waals surface area contributed by atoms with Crippen molar-refractivity contribution in [2.45, 2.75) is 33.8 Å². The average molecular weight is 416 g/mol. The lowest BCUT2D eigenvalue weighted by Gasteiger charge is -2.09. The topological polar surface area (TPSA) is 108 Å². The molecule has 0 unspecified atom stereocenters. The van der Waals surface area contributed by atoms with Gasteiger partial charge in [0, 0.05) is 6.08 Å². The van der Waals surface area contributed by atoms with E-state index in [1.54, 1.807) is 19.9 Å². The van der Waals surface area contributed by atoms with Crippen LogP contribution in [0.1, 0.15) is 51.9 Å². The molecule has 0 spiro atoms. The number of rotatable bonds is 8. The van der Waals surface area contributed by atoms with Gasteiger partial charge in [0.2, 0.25) is 5.91 Å². The third kappa shape index (κ3) is 5.92. The summed E-state index contributed by atoms with van der Waals surface area (Å²) in [4.78, 5) is 36.5. The van der Waals surface area contributed by atoms with Crippen molar-refractivity contribution < 1.29 is 23.9 Å². The Hall–Kier alpha value is -3.13. The molecule has 8 heteroatoms. The van der Waals surface area contributed by atoms with Crippen LogP contribution in [0.3, 0.4) is 0 Å². The van der Waals surface area contributed by atoms with Crippen LogP contribution in [0, 0.1) is 6.92 Å². The zero-order chi connectivity index (χ0) is 21.6. The van der Waals surface area contributed by atoms with E-state index < -0.39 is 17.8 Å². The SMILES string of the molecule is CCOC(=O)c1c(NC(=O)/C=C/c2cccc(OC(C)C)c2)sc(C(N)=O)c1C. The van der Waals surface area contributed by atoms with Gasteiger partial charge in [-0.1, -0.05) is 12.1 Å². The molecule has 2 rings (SSSR count). The second kappa shape index (κ2) is 9.88. The van der Waals surface area contributed by atoms with E-state index >= 15 is 0 Å². The quantitative estimate of drug-likeness (QED) is 0.503. The summed E-state index contributed by atoms with van der Waals surface area (Å²) in [6, 6.07) is 7.31. The van der Waals surface area contributed by atoms with E-state index in [2.05, 4.69) is 5.32 Å². The number of carbonyl (C=O) groups excluding carboxylic acids is 3. The molecule has 2 amide bonds. The first-order valence-corrected chi connectivity index (χ1v) is 9.90. The molecule has 154 valence electrons. The molecule has 7 nitrogen and oxygen atoms in total. The maximum Gasteiger partial charge on any atom is 0.341 e. The Morgan fingerprint density at radius 2 is 2.00 bits per heavy atom. The molecular formula is C21H24N2O5S. The number of primary amides is 1. The molecule has 0 saturated carbocycles. The van der Waals surface area contributed by atoms with E-state index in [4.69, 9.17) is 15.2 Å². The molecule has 29 heavy (non-hydrogen) atoms. The number of hydrogen-bond acceptors (Lipinski definition) is 6. The minimum Gasteiger partial charge on any atom is -0.491 e. The smallest absolute Gasteiger partial charge is 0.341 e. The monoisotopic (exact) mass is 416 g/mol. The summed E-state index contributed by atoms with van der Waals surface area (Å²) in [5, 5.41) is 2.86. The summed E-state index contributed by atoms with van der Waals surface area (Å²) in [5.41, 5.74) is 6.67. The zero-order valence-corrected chi connectivity index (χ0v) is 17.6. The van der Waals surface area contributed by atoms with Gasteiger partial charge >= 0.3 is 5.97 Å². The lowest BCUT2D eigenvalue weighted by molar-refractivity contribution is -0.111. The van der Waals surface area contributed by atoms with Gasteiger partial charge in [0.1, 0.15) is 10.8 Å². The van der Waals surface area contributed by atoms with Gasteiger partial charge in [-0.3, -0.25) is 9.59 Å². The molecule has 0 radical (unpaired) electrons. The molecule has 3 N–H and O–H groups in total. The van der Waals surface area contributed by atoms with E-state index in [1.165, 1.54) is 6.08 Å². The van der Waals surface area contributed by atoms with Gasteiger partial charge in [-0.2, -0.15) is 0 Å². The van der Waals surface area contributed by atoms with Gasteiger partial charge in [0.15, 0.2) is 0 Å². The summed E-state index contributed by atoms with van der Waals surface area (Å²) in [6.07, 6.45) is 3.00. The van der Waals surface area contributed by atoms with Gasteiger partial charge < -0.3 is 20.5 Å². The van der Waals surface area contributed by atoms with Crippen LogP contribution in [0.5, 0.6) is 5.75 Å². The maximum atomic E-state index is 12.4. The van der Waals surface area contributed by atoms with E-state index in [0.29, 0.717) is 11.3 Å². The number of anilines is 1. The number of hydrogen-bond donors (Lipinski definition) is 2. The highest BCUT2D eigenvalue weighted by Gasteiger charge is 2.25. The van der Waals surface area contributed by atoms with Gasteiger partial charge in [0.05, 0.1) is 23.2 Å². The second-order valence-electron chi connectivity index (χ2n) is 6.41. The predicted octanol–water partition coefficient (Wildman–Crippen LogP) is 3.77. The highest BCUT2D eigenvalue weighted by molar-refractivity contribution is 7.18. The van der Waals surface area contributed by atoms with Crippen molar-refractivity contribution in [1.29, 1.82) is 0 Å². The molecule has 0 aliphatic carbocycles. The van der Waals surface area contributed by atoms with Crippen molar-refractivity contribution in [2.75, 3.05) is 11.9 Å². The Morgan fingerprint density at radius 3 is 2.62 bits per heavy atom. The summed E-state index contributed by atoms with van der Waals surface area (Å²) in [7, 11) is 0. The molecular weight excluding hydrogens is 392 g/mol. The Kier molecular flexibility index (Phi) is 7.55. The molecule has 0 atom stereocenters. The van der Waals surface area contributed by atoms with Crippen LogP contribution in [0.15, 0.2) is 30.3 Å². The van der Waals surface area contributed by atoms with Crippen LogP contribution < -0.4 is 15.8 Å². The Bertz CT molecular complexity index is 947. The fourth-order valence-electron chi connectivity index (χ4n) is 2.57. The van der Waals surface area contributed by atoms with E-state index in [1.807, 2.05) is 38.1 Å². The Balaban J connectivity index is 2.22. The number of thiophene rings is 1. The fraction of sp³-hybridized carbons (Fsp3) is 0.286. The first-order chi connectivity index (χ1) is 13.7. The average Bonchev–Trinajstić information content (AvgIpc) is 2.96. The highest BCUT2D eigenvalue weighted by atomic mass is 32.1. The Morgan fingerprint density at radius 1 is 1.28 bits per heavy atom. The van der Waals surface area contributed by atoms with Crippen molar-refractivity contribution in [1.82, 2.24) is 0 Å². The maximum absolute atomic E-state index is 12.4.